The zero-order chi connectivity index (χ0) is 18.2. The molecule has 4 heteroatoms. The SMILES string of the molecule is C#Cc1cc2c(cc1OC)-c1cc(OC)c(C#C)cc1C2([Si]C)[Si]C. The van der Waals surface area contributed by atoms with Gasteiger partial charge in [0.2, 0.25) is 0 Å². The second kappa shape index (κ2) is 6.48. The van der Waals surface area contributed by atoms with Crippen molar-refractivity contribution in [3.63, 3.8) is 0 Å². The quantitative estimate of drug-likeness (QED) is 0.616. The van der Waals surface area contributed by atoms with Gasteiger partial charge in [0.1, 0.15) is 11.5 Å². The van der Waals surface area contributed by atoms with Crippen LogP contribution in [0.2, 0.25) is 13.1 Å². The van der Waals surface area contributed by atoms with Crippen LogP contribution in [0, 0.1) is 24.7 Å². The average molecular weight is 359 g/mol. The summed E-state index contributed by atoms with van der Waals surface area (Å²) in [6.07, 6.45) is 11.4. The van der Waals surface area contributed by atoms with Gasteiger partial charge in [-0.3, -0.25) is 0 Å². The highest BCUT2D eigenvalue weighted by Gasteiger charge is 2.42. The van der Waals surface area contributed by atoms with E-state index in [0.29, 0.717) is 19.0 Å². The van der Waals surface area contributed by atoms with Crippen LogP contribution < -0.4 is 9.47 Å². The van der Waals surface area contributed by atoms with Gasteiger partial charge in [0.15, 0.2) is 0 Å². The van der Waals surface area contributed by atoms with Crippen molar-refractivity contribution in [1.82, 2.24) is 0 Å². The van der Waals surface area contributed by atoms with E-state index >= 15 is 0 Å². The molecule has 2 nitrogen and oxygen atoms in total. The number of benzene rings is 2. The lowest BCUT2D eigenvalue weighted by molar-refractivity contribution is 0.413. The van der Waals surface area contributed by atoms with Gasteiger partial charge in [0, 0.05) is 23.7 Å². The Hall–Kier alpha value is -2.41. The zero-order valence-corrected chi connectivity index (χ0v) is 16.8. The molecule has 0 spiro atoms. The van der Waals surface area contributed by atoms with Crippen LogP contribution in [0.15, 0.2) is 24.3 Å². The summed E-state index contributed by atoms with van der Waals surface area (Å²) >= 11 is 0. The molecule has 0 bridgehead atoms. The largest absolute Gasteiger partial charge is 0.495 e. The molecule has 0 unspecified atom stereocenters. The lowest BCUT2D eigenvalue weighted by atomic mass is 10.0. The molecule has 0 aliphatic heterocycles. The Morgan fingerprint density at radius 1 is 0.800 bits per heavy atom. The van der Waals surface area contributed by atoms with E-state index in [-0.39, 0.29) is 4.66 Å². The van der Waals surface area contributed by atoms with Gasteiger partial charge in [-0.2, -0.15) is 0 Å². The Morgan fingerprint density at radius 2 is 1.20 bits per heavy atom. The third kappa shape index (κ3) is 2.33. The predicted molar refractivity (Wildman–Crippen MR) is 105 cm³/mol. The minimum atomic E-state index is -0.0413. The molecule has 0 atom stereocenters. The van der Waals surface area contributed by atoms with Crippen molar-refractivity contribution < 1.29 is 9.47 Å². The Kier molecular flexibility index (Phi) is 4.51. The van der Waals surface area contributed by atoms with Gasteiger partial charge in [0.25, 0.3) is 0 Å². The summed E-state index contributed by atoms with van der Waals surface area (Å²) in [5, 5.41) is 0. The molecule has 0 amide bonds. The Balaban J connectivity index is 2.43. The summed E-state index contributed by atoms with van der Waals surface area (Å²) in [5.74, 6) is 6.96. The fraction of sp³-hybridized carbons (Fsp3) is 0.238. The predicted octanol–water partition coefficient (Wildman–Crippen LogP) is 3.35. The first-order chi connectivity index (χ1) is 12.1. The van der Waals surface area contributed by atoms with E-state index in [1.54, 1.807) is 14.2 Å². The van der Waals surface area contributed by atoms with Crippen molar-refractivity contribution in [2.45, 2.75) is 17.8 Å². The van der Waals surface area contributed by atoms with Crippen LogP contribution >= 0.6 is 0 Å². The average Bonchev–Trinajstić information content (AvgIpc) is 2.93. The number of hydrogen-bond acceptors (Lipinski definition) is 2. The summed E-state index contributed by atoms with van der Waals surface area (Å²) < 4.78 is 11.0. The minimum absolute atomic E-state index is 0.0413. The highest BCUT2D eigenvalue weighted by atomic mass is 28.3. The molecule has 0 N–H and O–H groups in total. The van der Waals surface area contributed by atoms with E-state index in [0.717, 1.165) is 33.8 Å². The first kappa shape index (κ1) is 17.4. The summed E-state index contributed by atoms with van der Waals surface area (Å²) in [6.45, 7) is 4.49. The summed E-state index contributed by atoms with van der Waals surface area (Å²) in [4.78, 5) is 0. The maximum Gasteiger partial charge on any atom is 0.135 e. The van der Waals surface area contributed by atoms with Gasteiger partial charge >= 0.3 is 0 Å². The number of ether oxygens (including phenoxy) is 2. The molecular weight excluding hydrogens is 340 g/mol. The molecule has 0 aromatic heterocycles. The van der Waals surface area contributed by atoms with Gasteiger partial charge in [0.05, 0.1) is 25.3 Å². The van der Waals surface area contributed by atoms with Crippen LogP contribution in [0.3, 0.4) is 0 Å². The van der Waals surface area contributed by atoms with Crippen LogP contribution in [0.4, 0.5) is 0 Å². The van der Waals surface area contributed by atoms with E-state index in [4.69, 9.17) is 22.3 Å². The zero-order valence-electron chi connectivity index (χ0n) is 14.8. The van der Waals surface area contributed by atoms with Crippen molar-refractivity contribution in [1.29, 1.82) is 0 Å². The van der Waals surface area contributed by atoms with E-state index < -0.39 is 0 Å². The standard InChI is InChI=1S/C21H18O2Si2/c1-7-13-9-17-15(11-19(13)22-3)16-12-20(23-4)14(8-2)10-18(16)21(17,24-5)25-6/h1-2,9-12H,3-6H3. The number of rotatable bonds is 4. The van der Waals surface area contributed by atoms with Crippen molar-refractivity contribution in [2.75, 3.05) is 14.2 Å². The van der Waals surface area contributed by atoms with Gasteiger partial charge < -0.3 is 9.47 Å². The van der Waals surface area contributed by atoms with E-state index in [2.05, 4.69) is 49.2 Å². The second-order valence-electron chi connectivity index (χ2n) is 5.73. The van der Waals surface area contributed by atoms with Crippen molar-refractivity contribution >= 4 is 19.0 Å². The van der Waals surface area contributed by atoms with E-state index in [1.807, 2.05) is 0 Å². The molecule has 0 fully saturated rings. The van der Waals surface area contributed by atoms with Crippen LogP contribution in [-0.2, 0) is 4.66 Å². The van der Waals surface area contributed by atoms with Crippen LogP contribution in [-0.4, -0.2) is 33.3 Å². The van der Waals surface area contributed by atoms with Crippen LogP contribution in [0.5, 0.6) is 11.5 Å². The number of terminal acetylenes is 2. The smallest absolute Gasteiger partial charge is 0.135 e. The molecular formula is C21H18O2Si2. The molecule has 1 aliphatic carbocycles. The van der Waals surface area contributed by atoms with Crippen molar-refractivity contribution in [3.05, 3.63) is 46.5 Å². The maximum atomic E-state index is 5.72. The molecule has 25 heavy (non-hydrogen) atoms. The molecule has 0 heterocycles. The van der Waals surface area contributed by atoms with Gasteiger partial charge in [-0.05, 0) is 46.5 Å². The first-order valence-corrected chi connectivity index (χ1v) is 10.9. The van der Waals surface area contributed by atoms with E-state index in [1.165, 1.54) is 11.1 Å². The van der Waals surface area contributed by atoms with Crippen molar-refractivity contribution in [2.24, 2.45) is 0 Å². The molecule has 1 aliphatic rings. The molecule has 0 saturated heterocycles. The highest BCUT2D eigenvalue weighted by Crippen LogP contribution is 2.51. The molecule has 122 valence electrons. The minimum Gasteiger partial charge on any atom is -0.495 e. The number of methoxy groups -OCH3 is 2. The third-order valence-corrected chi connectivity index (χ3v) is 8.92. The monoisotopic (exact) mass is 358 g/mol. The Morgan fingerprint density at radius 3 is 1.48 bits per heavy atom. The molecule has 4 radical (unpaired) electrons. The second-order valence-corrected chi connectivity index (χ2v) is 8.73. The number of hydrogen-bond donors (Lipinski definition) is 0. The van der Waals surface area contributed by atoms with E-state index in [9.17, 15) is 0 Å². The first-order valence-electron chi connectivity index (χ1n) is 7.86. The molecule has 2 aromatic carbocycles. The fourth-order valence-corrected chi connectivity index (χ4v) is 6.50. The molecule has 0 saturated carbocycles. The lowest BCUT2D eigenvalue weighted by Crippen LogP contribution is -2.36. The molecule has 2 aromatic rings. The normalized spacial score (nSPS) is 13.4. The Bertz CT molecular complexity index is 855. The van der Waals surface area contributed by atoms with Gasteiger partial charge in [-0.25, -0.2) is 0 Å². The maximum absolute atomic E-state index is 5.72. The summed E-state index contributed by atoms with van der Waals surface area (Å²) in [5.41, 5.74) is 6.45. The number of fused-ring (bicyclic) bond motifs is 3. The summed E-state index contributed by atoms with van der Waals surface area (Å²) in [7, 11) is 4.70. The van der Waals surface area contributed by atoms with Gasteiger partial charge in [-0.15, -0.1) is 12.8 Å². The van der Waals surface area contributed by atoms with Crippen LogP contribution in [0.25, 0.3) is 11.1 Å². The molecule has 3 rings (SSSR count). The topological polar surface area (TPSA) is 18.5 Å². The van der Waals surface area contributed by atoms with Gasteiger partial charge in [-0.1, -0.05) is 24.9 Å². The highest BCUT2D eigenvalue weighted by molar-refractivity contribution is 6.63. The lowest BCUT2D eigenvalue weighted by Gasteiger charge is -2.29. The fourth-order valence-electron chi connectivity index (χ4n) is 3.60. The van der Waals surface area contributed by atoms with Crippen LogP contribution in [0.1, 0.15) is 22.3 Å². The summed E-state index contributed by atoms with van der Waals surface area (Å²) in [6, 6.07) is 8.34. The Labute approximate surface area is 154 Å². The third-order valence-electron chi connectivity index (χ3n) is 4.84. The van der Waals surface area contributed by atoms with Crippen molar-refractivity contribution in [3.8, 4) is 47.3 Å².